The molecule has 0 radical (unpaired) electrons. The van der Waals surface area contributed by atoms with Gasteiger partial charge >= 0.3 is 0 Å². The van der Waals surface area contributed by atoms with Crippen molar-refractivity contribution in [2.24, 2.45) is 11.8 Å². The Hall–Kier alpha value is -2.04. The van der Waals surface area contributed by atoms with Gasteiger partial charge in [0.05, 0.1) is 17.0 Å². The van der Waals surface area contributed by atoms with E-state index in [0.29, 0.717) is 5.92 Å². The number of imidazole rings is 1. The fraction of sp³-hybridized carbons (Fsp3) is 0.600. The van der Waals surface area contributed by atoms with Crippen LogP contribution in [0.1, 0.15) is 40.0 Å². The van der Waals surface area contributed by atoms with E-state index >= 15 is 0 Å². The molecule has 1 fully saturated rings. The smallest absolute Gasteiger partial charge is 0.224 e. The molecule has 1 aliphatic heterocycles. The van der Waals surface area contributed by atoms with Crippen molar-refractivity contribution < 1.29 is 4.79 Å². The van der Waals surface area contributed by atoms with E-state index in [1.165, 1.54) is 5.52 Å². The maximum atomic E-state index is 12.5. The van der Waals surface area contributed by atoms with E-state index < -0.39 is 0 Å². The third kappa shape index (κ3) is 3.97. The highest BCUT2D eigenvalue weighted by Crippen LogP contribution is 2.27. The highest BCUT2D eigenvalue weighted by atomic mass is 16.1. The molecule has 1 saturated heterocycles. The van der Waals surface area contributed by atoms with Gasteiger partial charge in [-0.25, -0.2) is 4.98 Å². The molecule has 1 aliphatic rings. The zero-order valence-corrected chi connectivity index (χ0v) is 15.7. The summed E-state index contributed by atoms with van der Waals surface area (Å²) in [4.78, 5) is 19.7. The minimum absolute atomic E-state index is 0.0578. The van der Waals surface area contributed by atoms with Gasteiger partial charge < -0.3 is 14.8 Å². The van der Waals surface area contributed by atoms with Crippen LogP contribution in [0.4, 0.5) is 5.95 Å². The number of hydrogen-bond donors (Lipinski definition) is 1. The van der Waals surface area contributed by atoms with Gasteiger partial charge in [0.15, 0.2) is 0 Å². The van der Waals surface area contributed by atoms with Crippen LogP contribution in [0.5, 0.6) is 0 Å². The van der Waals surface area contributed by atoms with E-state index in [9.17, 15) is 4.79 Å². The normalized spacial score (nSPS) is 18.1. The maximum Gasteiger partial charge on any atom is 0.224 e. The second-order valence-electron chi connectivity index (χ2n) is 7.48. The first-order valence-corrected chi connectivity index (χ1v) is 9.58. The van der Waals surface area contributed by atoms with Gasteiger partial charge in [-0.1, -0.05) is 32.9 Å². The third-order valence-electron chi connectivity index (χ3n) is 4.84. The number of rotatable bonds is 6. The monoisotopic (exact) mass is 342 g/mol. The lowest BCUT2D eigenvalue weighted by Crippen LogP contribution is -2.44. The Kier molecular flexibility index (Phi) is 5.61. The summed E-state index contributed by atoms with van der Waals surface area (Å²) in [7, 11) is 0. The number of piperidine rings is 1. The lowest BCUT2D eigenvalue weighted by atomic mass is 9.97. The van der Waals surface area contributed by atoms with E-state index in [1.54, 1.807) is 0 Å². The van der Waals surface area contributed by atoms with Crippen molar-refractivity contribution in [2.45, 2.75) is 46.6 Å². The number of anilines is 1. The van der Waals surface area contributed by atoms with Gasteiger partial charge in [0.1, 0.15) is 0 Å². The first-order chi connectivity index (χ1) is 12.1. The second-order valence-corrected chi connectivity index (χ2v) is 7.48. The number of carbonyl (C=O) groups is 1. The molecule has 1 atom stereocenters. The molecule has 0 spiro atoms. The van der Waals surface area contributed by atoms with E-state index in [1.807, 2.05) is 6.07 Å². The summed E-state index contributed by atoms with van der Waals surface area (Å²) < 4.78 is 2.31. The number of nitrogens with zero attached hydrogens (tertiary/aromatic N) is 3. The van der Waals surface area contributed by atoms with Crippen LogP contribution in [0, 0.1) is 11.8 Å². The number of hydrogen-bond acceptors (Lipinski definition) is 3. The third-order valence-corrected chi connectivity index (χ3v) is 4.84. The van der Waals surface area contributed by atoms with Crippen LogP contribution in [0.25, 0.3) is 11.0 Å². The fourth-order valence-corrected chi connectivity index (χ4v) is 3.57. The molecule has 2 aromatic rings. The summed E-state index contributed by atoms with van der Waals surface area (Å²) in [5, 5.41) is 3.10. The molecule has 1 unspecified atom stereocenters. The zero-order valence-electron chi connectivity index (χ0n) is 15.7. The van der Waals surface area contributed by atoms with E-state index in [4.69, 9.17) is 4.98 Å². The predicted molar refractivity (Wildman–Crippen MR) is 103 cm³/mol. The molecule has 25 heavy (non-hydrogen) atoms. The minimum atomic E-state index is 0.0578. The highest BCUT2D eigenvalue weighted by Gasteiger charge is 2.28. The van der Waals surface area contributed by atoms with Gasteiger partial charge in [-0.05, 0) is 37.3 Å². The van der Waals surface area contributed by atoms with Gasteiger partial charge in [0.2, 0.25) is 11.9 Å². The second kappa shape index (κ2) is 7.89. The molecule has 136 valence electrons. The number of carbonyl (C=O) groups excluding carboxylic acids is 1. The molecule has 1 amide bonds. The van der Waals surface area contributed by atoms with Crippen LogP contribution in [0.2, 0.25) is 0 Å². The van der Waals surface area contributed by atoms with Gasteiger partial charge in [-0.15, -0.1) is 0 Å². The lowest BCUT2D eigenvalue weighted by molar-refractivity contribution is -0.125. The minimum Gasteiger partial charge on any atom is -0.356 e. The Balaban J connectivity index is 1.80. The Morgan fingerprint density at radius 2 is 2.16 bits per heavy atom. The summed E-state index contributed by atoms with van der Waals surface area (Å²) in [5.41, 5.74) is 2.23. The summed E-state index contributed by atoms with van der Waals surface area (Å²) >= 11 is 0. The van der Waals surface area contributed by atoms with Crippen LogP contribution < -0.4 is 10.2 Å². The number of amides is 1. The molecule has 2 heterocycles. The summed E-state index contributed by atoms with van der Waals surface area (Å²) in [6.07, 6.45) is 3.07. The van der Waals surface area contributed by atoms with E-state index in [-0.39, 0.29) is 11.8 Å². The molecule has 5 nitrogen and oxygen atoms in total. The molecule has 1 aromatic carbocycles. The van der Waals surface area contributed by atoms with Gasteiger partial charge in [0.25, 0.3) is 0 Å². The summed E-state index contributed by atoms with van der Waals surface area (Å²) in [6.45, 7) is 9.89. The zero-order chi connectivity index (χ0) is 17.8. The summed E-state index contributed by atoms with van der Waals surface area (Å²) in [6, 6.07) is 8.31. The molecule has 5 heteroatoms. The van der Waals surface area contributed by atoms with Crippen LogP contribution in [0.3, 0.4) is 0 Å². The Morgan fingerprint density at radius 1 is 1.36 bits per heavy atom. The molecule has 1 N–H and O–H groups in total. The number of fused-ring (bicyclic) bond motifs is 1. The van der Waals surface area contributed by atoms with Crippen LogP contribution in [0.15, 0.2) is 24.3 Å². The molecule has 0 bridgehead atoms. The number of nitrogens with one attached hydrogen (secondary N) is 1. The number of benzene rings is 1. The van der Waals surface area contributed by atoms with Crippen molar-refractivity contribution in [3.05, 3.63) is 24.3 Å². The van der Waals surface area contributed by atoms with Crippen molar-refractivity contribution in [3.8, 4) is 0 Å². The molecule has 0 saturated carbocycles. The first-order valence-electron chi connectivity index (χ1n) is 9.58. The molecule has 3 rings (SSSR count). The van der Waals surface area contributed by atoms with Gasteiger partial charge in [-0.2, -0.15) is 0 Å². The van der Waals surface area contributed by atoms with Gasteiger partial charge in [-0.3, -0.25) is 4.79 Å². The standard InChI is InChI=1S/C20H30N4O/c1-4-11-24-18-10-6-5-9-17(18)22-20(24)23-12-7-8-16(14-23)19(25)21-13-15(2)3/h5-6,9-10,15-16H,4,7-8,11-14H2,1-3H3,(H,21,25). The molecular weight excluding hydrogens is 312 g/mol. The van der Waals surface area contributed by atoms with Crippen LogP contribution >= 0.6 is 0 Å². The van der Waals surface area contributed by atoms with Gasteiger partial charge in [0, 0.05) is 26.2 Å². The lowest BCUT2D eigenvalue weighted by Gasteiger charge is -2.33. The number of para-hydroxylation sites is 2. The Bertz CT molecular complexity index is 722. The summed E-state index contributed by atoms with van der Waals surface area (Å²) in [5.74, 6) is 1.75. The number of aromatic nitrogens is 2. The average Bonchev–Trinajstić information content (AvgIpc) is 2.99. The van der Waals surface area contributed by atoms with Crippen molar-refractivity contribution in [1.82, 2.24) is 14.9 Å². The molecule has 0 aliphatic carbocycles. The SMILES string of the molecule is CCCn1c(N2CCCC(C(=O)NCC(C)C)C2)nc2ccccc21. The first kappa shape index (κ1) is 17.8. The van der Waals surface area contributed by atoms with Crippen molar-refractivity contribution >= 4 is 22.9 Å². The van der Waals surface area contributed by atoms with Crippen LogP contribution in [-0.2, 0) is 11.3 Å². The number of aryl methyl sites for hydroxylation is 1. The van der Waals surface area contributed by atoms with E-state index in [2.05, 4.69) is 53.8 Å². The Labute approximate surface area is 150 Å². The highest BCUT2D eigenvalue weighted by molar-refractivity contribution is 5.81. The quantitative estimate of drug-likeness (QED) is 0.875. The largest absolute Gasteiger partial charge is 0.356 e. The van der Waals surface area contributed by atoms with Crippen molar-refractivity contribution in [1.29, 1.82) is 0 Å². The van der Waals surface area contributed by atoms with Crippen molar-refractivity contribution in [2.75, 3.05) is 24.5 Å². The average molecular weight is 342 g/mol. The van der Waals surface area contributed by atoms with Crippen molar-refractivity contribution in [3.63, 3.8) is 0 Å². The maximum absolute atomic E-state index is 12.5. The molecular formula is C20H30N4O. The predicted octanol–water partition coefficient (Wildman–Crippen LogP) is 3.43. The topological polar surface area (TPSA) is 50.2 Å². The molecule has 1 aromatic heterocycles. The Morgan fingerprint density at radius 3 is 2.92 bits per heavy atom. The fourth-order valence-electron chi connectivity index (χ4n) is 3.57. The van der Waals surface area contributed by atoms with E-state index in [0.717, 1.165) is 56.9 Å². The van der Waals surface area contributed by atoms with Crippen LogP contribution in [-0.4, -0.2) is 35.1 Å².